The lowest BCUT2D eigenvalue weighted by Gasteiger charge is -2.22. The maximum absolute atomic E-state index is 6.26. The van der Waals surface area contributed by atoms with Gasteiger partial charge in [0.25, 0.3) is 0 Å². The number of benzene rings is 1. The van der Waals surface area contributed by atoms with Crippen molar-refractivity contribution in [3.8, 4) is 0 Å². The molecule has 2 unspecified atom stereocenters. The van der Waals surface area contributed by atoms with E-state index in [0.29, 0.717) is 12.1 Å². The number of aryl methyl sites for hydroxylation is 1. The van der Waals surface area contributed by atoms with E-state index < -0.39 is 0 Å². The van der Waals surface area contributed by atoms with Crippen LogP contribution in [0.1, 0.15) is 44.6 Å². The van der Waals surface area contributed by atoms with Crippen molar-refractivity contribution >= 4 is 17.3 Å². The van der Waals surface area contributed by atoms with E-state index >= 15 is 0 Å². The van der Waals surface area contributed by atoms with Gasteiger partial charge in [-0.05, 0) is 57.4 Å². The Hall–Kier alpha value is -0.730. The van der Waals surface area contributed by atoms with E-state index in [1.165, 1.54) is 37.8 Å². The molecule has 2 nitrogen and oxygen atoms in total. The lowest BCUT2D eigenvalue weighted by atomic mass is 10.0. The summed E-state index contributed by atoms with van der Waals surface area (Å²) in [5.74, 6) is 0. The molecule has 19 heavy (non-hydrogen) atoms. The molecule has 2 rings (SSSR count). The predicted octanol–water partition coefficient (Wildman–Crippen LogP) is 4.37. The highest BCUT2D eigenvalue weighted by Gasteiger charge is 2.15. The fourth-order valence-corrected chi connectivity index (χ4v) is 3.08. The monoisotopic (exact) mass is 280 g/mol. The molecule has 0 radical (unpaired) electrons. The van der Waals surface area contributed by atoms with Gasteiger partial charge in [-0.1, -0.05) is 30.5 Å². The van der Waals surface area contributed by atoms with Crippen molar-refractivity contribution in [1.29, 1.82) is 0 Å². The molecule has 2 atom stereocenters. The van der Waals surface area contributed by atoms with Crippen LogP contribution >= 0.6 is 11.6 Å². The minimum atomic E-state index is 0.441. The zero-order chi connectivity index (χ0) is 13.7. The molecule has 3 heteroatoms. The average Bonchev–Trinajstić information content (AvgIpc) is 2.61. The van der Waals surface area contributed by atoms with Crippen molar-refractivity contribution in [2.75, 3.05) is 11.9 Å². The quantitative estimate of drug-likeness (QED) is 0.856. The first-order valence-electron chi connectivity index (χ1n) is 7.41. The highest BCUT2D eigenvalue weighted by atomic mass is 35.5. The molecular formula is C16H25ClN2. The van der Waals surface area contributed by atoms with Crippen LogP contribution in [0, 0.1) is 6.92 Å². The molecular weight excluding hydrogens is 256 g/mol. The van der Waals surface area contributed by atoms with Crippen LogP contribution in [0.5, 0.6) is 0 Å². The van der Waals surface area contributed by atoms with E-state index in [1.807, 2.05) is 6.07 Å². The van der Waals surface area contributed by atoms with Crippen molar-refractivity contribution in [1.82, 2.24) is 5.32 Å². The fourth-order valence-electron chi connectivity index (χ4n) is 2.79. The van der Waals surface area contributed by atoms with E-state index in [0.717, 1.165) is 17.1 Å². The van der Waals surface area contributed by atoms with E-state index in [2.05, 4.69) is 36.6 Å². The maximum atomic E-state index is 6.26. The van der Waals surface area contributed by atoms with Gasteiger partial charge >= 0.3 is 0 Å². The summed E-state index contributed by atoms with van der Waals surface area (Å²) in [6.45, 7) is 5.47. The molecule has 2 N–H and O–H groups in total. The van der Waals surface area contributed by atoms with Crippen LogP contribution in [0.15, 0.2) is 18.2 Å². The van der Waals surface area contributed by atoms with Gasteiger partial charge in [-0.25, -0.2) is 0 Å². The summed E-state index contributed by atoms with van der Waals surface area (Å²) in [4.78, 5) is 0. The van der Waals surface area contributed by atoms with Crippen LogP contribution in [-0.4, -0.2) is 18.6 Å². The molecule has 1 aliphatic heterocycles. The number of hydrogen-bond donors (Lipinski definition) is 2. The largest absolute Gasteiger partial charge is 0.381 e. The third-order valence-corrected chi connectivity index (χ3v) is 4.14. The predicted molar refractivity (Wildman–Crippen MR) is 84.1 cm³/mol. The van der Waals surface area contributed by atoms with E-state index in [9.17, 15) is 0 Å². The maximum Gasteiger partial charge on any atom is 0.0640 e. The SMILES string of the molecule is Cc1ccc(NC(C)CC2CCCCCN2)c(Cl)c1. The molecule has 106 valence electrons. The van der Waals surface area contributed by atoms with Gasteiger partial charge in [0.1, 0.15) is 0 Å². The van der Waals surface area contributed by atoms with Crippen LogP contribution in [0.4, 0.5) is 5.69 Å². The summed E-state index contributed by atoms with van der Waals surface area (Å²) in [7, 11) is 0. The summed E-state index contributed by atoms with van der Waals surface area (Å²) in [5, 5.41) is 8.00. The molecule has 1 aromatic carbocycles. The first-order valence-corrected chi connectivity index (χ1v) is 7.79. The van der Waals surface area contributed by atoms with Gasteiger partial charge in [0.15, 0.2) is 0 Å². The molecule has 0 aliphatic carbocycles. The Morgan fingerprint density at radius 3 is 3.00 bits per heavy atom. The zero-order valence-corrected chi connectivity index (χ0v) is 12.8. The van der Waals surface area contributed by atoms with Gasteiger partial charge in [0.2, 0.25) is 0 Å². The molecule has 0 spiro atoms. The second-order valence-electron chi connectivity index (χ2n) is 5.76. The first kappa shape index (κ1) is 14.7. The zero-order valence-electron chi connectivity index (χ0n) is 12.0. The summed E-state index contributed by atoms with van der Waals surface area (Å²) in [6.07, 6.45) is 6.50. The summed E-state index contributed by atoms with van der Waals surface area (Å²) in [6, 6.07) is 7.28. The molecule has 1 fully saturated rings. The lowest BCUT2D eigenvalue weighted by Crippen LogP contribution is -2.33. The Morgan fingerprint density at radius 2 is 2.21 bits per heavy atom. The second-order valence-corrected chi connectivity index (χ2v) is 6.17. The van der Waals surface area contributed by atoms with Crippen LogP contribution in [-0.2, 0) is 0 Å². The normalized spacial score (nSPS) is 21.7. The fraction of sp³-hybridized carbons (Fsp3) is 0.625. The third-order valence-electron chi connectivity index (χ3n) is 3.83. The molecule has 0 saturated carbocycles. The number of hydrogen-bond acceptors (Lipinski definition) is 2. The van der Waals surface area contributed by atoms with Crippen LogP contribution in [0.2, 0.25) is 5.02 Å². The van der Waals surface area contributed by atoms with Crippen molar-refractivity contribution in [3.05, 3.63) is 28.8 Å². The molecule has 0 amide bonds. The molecule has 1 saturated heterocycles. The standard InChI is InChI=1S/C16H25ClN2/c1-12-7-8-16(15(17)10-12)19-13(2)11-14-6-4-3-5-9-18-14/h7-8,10,13-14,18-19H,3-6,9,11H2,1-2H3. The van der Waals surface area contributed by atoms with Crippen LogP contribution in [0.25, 0.3) is 0 Å². The third kappa shape index (κ3) is 4.70. The Labute approximate surface area is 121 Å². The number of anilines is 1. The highest BCUT2D eigenvalue weighted by Crippen LogP contribution is 2.24. The molecule has 1 aliphatic rings. The lowest BCUT2D eigenvalue weighted by molar-refractivity contribution is 0.456. The molecule has 1 aromatic rings. The number of rotatable bonds is 4. The smallest absolute Gasteiger partial charge is 0.0640 e. The number of halogens is 1. The number of nitrogens with one attached hydrogen (secondary N) is 2. The van der Waals surface area contributed by atoms with E-state index in [4.69, 9.17) is 11.6 Å². The minimum Gasteiger partial charge on any atom is -0.381 e. The van der Waals surface area contributed by atoms with Gasteiger partial charge < -0.3 is 10.6 Å². The van der Waals surface area contributed by atoms with Gasteiger partial charge in [-0.15, -0.1) is 0 Å². The topological polar surface area (TPSA) is 24.1 Å². The Kier molecular flexibility index (Phi) is 5.53. The second kappa shape index (κ2) is 7.16. The summed E-state index contributed by atoms with van der Waals surface area (Å²) in [5.41, 5.74) is 2.25. The van der Waals surface area contributed by atoms with E-state index in [1.54, 1.807) is 0 Å². The Morgan fingerprint density at radius 1 is 1.37 bits per heavy atom. The van der Waals surface area contributed by atoms with Gasteiger partial charge in [0.05, 0.1) is 10.7 Å². The average molecular weight is 281 g/mol. The first-order chi connectivity index (χ1) is 9.15. The van der Waals surface area contributed by atoms with Crippen molar-refractivity contribution < 1.29 is 0 Å². The van der Waals surface area contributed by atoms with E-state index in [-0.39, 0.29) is 0 Å². The van der Waals surface area contributed by atoms with Crippen LogP contribution in [0.3, 0.4) is 0 Å². The Bertz CT molecular complexity index is 398. The van der Waals surface area contributed by atoms with Crippen molar-refractivity contribution in [2.24, 2.45) is 0 Å². The van der Waals surface area contributed by atoms with Gasteiger partial charge in [0, 0.05) is 12.1 Å². The minimum absolute atomic E-state index is 0.441. The van der Waals surface area contributed by atoms with Gasteiger partial charge in [-0.3, -0.25) is 0 Å². The molecule has 1 heterocycles. The highest BCUT2D eigenvalue weighted by molar-refractivity contribution is 6.33. The van der Waals surface area contributed by atoms with Crippen molar-refractivity contribution in [3.63, 3.8) is 0 Å². The molecule has 0 bridgehead atoms. The summed E-state index contributed by atoms with van der Waals surface area (Å²) < 4.78 is 0. The Balaban J connectivity index is 1.87. The van der Waals surface area contributed by atoms with Crippen LogP contribution < -0.4 is 10.6 Å². The summed E-state index contributed by atoms with van der Waals surface area (Å²) >= 11 is 6.26. The van der Waals surface area contributed by atoms with Gasteiger partial charge in [-0.2, -0.15) is 0 Å². The molecule has 0 aromatic heterocycles. The van der Waals surface area contributed by atoms with Crippen molar-refractivity contribution in [2.45, 2.75) is 58.0 Å².